The third-order valence-electron chi connectivity index (χ3n) is 6.23. The van der Waals surface area contributed by atoms with Gasteiger partial charge in [0.1, 0.15) is 12.3 Å². The van der Waals surface area contributed by atoms with Gasteiger partial charge in [-0.1, -0.05) is 13.0 Å². The SMILES string of the molecule is CCCOC(=O)CC1Cc2ccc(OCCc3cn4c(n3)NCCC4)cc2CN(CC(F)(F)F)C1=O. The minimum Gasteiger partial charge on any atom is -0.493 e. The van der Waals surface area contributed by atoms with E-state index < -0.39 is 30.5 Å². The maximum atomic E-state index is 13.2. The van der Waals surface area contributed by atoms with Gasteiger partial charge in [0.15, 0.2) is 0 Å². The third-order valence-corrected chi connectivity index (χ3v) is 6.23. The van der Waals surface area contributed by atoms with Crippen molar-refractivity contribution in [2.24, 2.45) is 5.92 Å². The number of carbonyl (C=O) groups excluding carboxylic acids is 2. The summed E-state index contributed by atoms with van der Waals surface area (Å²) in [6, 6.07) is 5.19. The van der Waals surface area contributed by atoms with Gasteiger partial charge in [-0.3, -0.25) is 9.59 Å². The summed E-state index contributed by atoms with van der Waals surface area (Å²) in [6.07, 6.45) is -0.404. The van der Waals surface area contributed by atoms with Crippen molar-refractivity contribution in [1.29, 1.82) is 0 Å². The van der Waals surface area contributed by atoms with Gasteiger partial charge in [-0.2, -0.15) is 13.2 Å². The maximum Gasteiger partial charge on any atom is 0.406 e. The number of nitrogens with zero attached hydrogens (tertiary/aromatic N) is 3. The van der Waals surface area contributed by atoms with E-state index in [1.165, 1.54) is 0 Å². The van der Waals surface area contributed by atoms with E-state index in [1.807, 2.05) is 13.1 Å². The lowest BCUT2D eigenvalue weighted by molar-refractivity contribution is -0.165. The van der Waals surface area contributed by atoms with Gasteiger partial charge in [-0.15, -0.1) is 0 Å². The Morgan fingerprint density at radius 2 is 2.08 bits per heavy atom. The molecule has 1 N–H and O–H groups in total. The number of rotatable bonds is 9. The van der Waals surface area contributed by atoms with Crippen molar-refractivity contribution in [2.45, 2.75) is 58.3 Å². The first-order chi connectivity index (χ1) is 17.2. The fourth-order valence-electron chi connectivity index (χ4n) is 4.54. The minimum atomic E-state index is -4.56. The number of esters is 1. The molecule has 1 unspecified atom stereocenters. The van der Waals surface area contributed by atoms with E-state index in [1.54, 1.807) is 18.2 Å². The molecular weight excluding hydrogens is 477 g/mol. The second-order valence-electron chi connectivity index (χ2n) is 9.19. The number of fused-ring (bicyclic) bond motifs is 2. The first-order valence-electron chi connectivity index (χ1n) is 12.3. The van der Waals surface area contributed by atoms with Crippen molar-refractivity contribution in [3.8, 4) is 5.75 Å². The Labute approximate surface area is 207 Å². The van der Waals surface area contributed by atoms with Crippen LogP contribution < -0.4 is 10.1 Å². The van der Waals surface area contributed by atoms with Crippen LogP contribution in [-0.4, -0.2) is 58.8 Å². The van der Waals surface area contributed by atoms with Crippen molar-refractivity contribution in [3.05, 3.63) is 41.2 Å². The zero-order valence-electron chi connectivity index (χ0n) is 20.3. The number of benzene rings is 1. The van der Waals surface area contributed by atoms with Crippen LogP contribution in [0, 0.1) is 5.92 Å². The van der Waals surface area contributed by atoms with Gasteiger partial charge in [0, 0.05) is 32.3 Å². The molecule has 196 valence electrons. The lowest BCUT2D eigenvalue weighted by Crippen LogP contribution is -2.41. The average molecular weight is 509 g/mol. The molecular formula is C25H31F3N4O4. The molecule has 0 aliphatic carbocycles. The minimum absolute atomic E-state index is 0.164. The summed E-state index contributed by atoms with van der Waals surface area (Å²) in [5.41, 5.74) is 2.20. The van der Waals surface area contributed by atoms with E-state index in [0.717, 1.165) is 41.6 Å². The molecule has 0 fully saturated rings. The molecule has 2 aromatic rings. The molecule has 1 atom stereocenters. The molecule has 3 heterocycles. The molecule has 0 saturated heterocycles. The molecule has 4 rings (SSSR count). The number of hydrogen-bond acceptors (Lipinski definition) is 6. The predicted molar refractivity (Wildman–Crippen MR) is 126 cm³/mol. The van der Waals surface area contributed by atoms with Crippen LogP contribution in [0.1, 0.15) is 43.0 Å². The van der Waals surface area contributed by atoms with Crippen LogP contribution in [0.5, 0.6) is 5.75 Å². The maximum absolute atomic E-state index is 13.2. The van der Waals surface area contributed by atoms with E-state index in [2.05, 4.69) is 14.9 Å². The quantitative estimate of drug-likeness (QED) is 0.520. The number of alkyl halides is 3. The molecule has 2 aliphatic heterocycles. The normalized spacial score (nSPS) is 17.6. The molecule has 0 bridgehead atoms. The van der Waals surface area contributed by atoms with Gasteiger partial charge in [-0.05, 0) is 42.5 Å². The average Bonchev–Trinajstić information content (AvgIpc) is 3.19. The highest BCUT2D eigenvalue weighted by Crippen LogP contribution is 2.30. The highest BCUT2D eigenvalue weighted by atomic mass is 19.4. The van der Waals surface area contributed by atoms with Crippen molar-refractivity contribution in [2.75, 3.05) is 31.6 Å². The summed E-state index contributed by atoms with van der Waals surface area (Å²) in [4.78, 5) is 30.4. The molecule has 0 spiro atoms. The van der Waals surface area contributed by atoms with E-state index in [4.69, 9.17) is 9.47 Å². The third kappa shape index (κ3) is 6.70. The standard InChI is InChI=1S/C25H31F3N4O4/c1-2-9-36-22(33)13-18-11-17-4-5-21(12-19(17)14-32(23(18)34)16-25(26,27)28)35-10-6-20-15-31-8-3-7-29-24(31)30-20/h4-5,12,15,18H,2-3,6-11,13-14,16H2,1H3,(H,29,30). The molecule has 8 nitrogen and oxygen atoms in total. The van der Waals surface area contributed by atoms with Crippen LogP contribution >= 0.6 is 0 Å². The number of carbonyl (C=O) groups is 2. The van der Waals surface area contributed by atoms with Crippen LogP contribution in [0.2, 0.25) is 0 Å². The second-order valence-corrected chi connectivity index (χ2v) is 9.19. The topological polar surface area (TPSA) is 85.7 Å². The molecule has 36 heavy (non-hydrogen) atoms. The highest BCUT2D eigenvalue weighted by molar-refractivity contribution is 5.84. The smallest absolute Gasteiger partial charge is 0.406 e. The van der Waals surface area contributed by atoms with Gasteiger partial charge in [-0.25, -0.2) is 4.98 Å². The van der Waals surface area contributed by atoms with Gasteiger partial charge >= 0.3 is 12.1 Å². The van der Waals surface area contributed by atoms with Gasteiger partial charge in [0.2, 0.25) is 11.9 Å². The van der Waals surface area contributed by atoms with Crippen molar-refractivity contribution >= 4 is 17.8 Å². The van der Waals surface area contributed by atoms with Gasteiger partial charge in [0.25, 0.3) is 0 Å². The summed E-state index contributed by atoms with van der Waals surface area (Å²) >= 11 is 0. The second kappa shape index (κ2) is 11.2. The first-order valence-corrected chi connectivity index (χ1v) is 12.3. The van der Waals surface area contributed by atoms with Gasteiger partial charge < -0.3 is 24.3 Å². The molecule has 0 saturated carbocycles. The highest BCUT2D eigenvalue weighted by Gasteiger charge is 2.38. The Morgan fingerprint density at radius 3 is 2.83 bits per heavy atom. The van der Waals surface area contributed by atoms with Gasteiger partial charge in [0.05, 0.1) is 31.2 Å². The lowest BCUT2D eigenvalue weighted by atomic mass is 9.94. The summed E-state index contributed by atoms with van der Waals surface area (Å²) in [5.74, 6) is -0.830. The summed E-state index contributed by atoms with van der Waals surface area (Å²) in [6.45, 7) is 2.64. The fraction of sp³-hybridized carbons (Fsp3) is 0.560. The zero-order valence-corrected chi connectivity index (χ0v) is 20.3. The Kier molecular flexibility index (Phi) is 8.05. The Hall–Kier alpha value is -3.24. The monoisotopic (exact) mass is 508 g/mol. The lowest BCUT2D eigenvalue weighted by Gasteiger charge is -2.25. The Morgan fingerprint density at radius 1 is 1.25 bits per heavy atom. The summed E-state index contributed by atoms with van der Waals surface area (Å²) in [5, 5.41) is 3.25. The molecule has 1 amide bonds. The number of aryl methyl sites for hydroxylation is 1. The fourth-order valence-corrected chi connectivity index (χ4v) is 4.54. The Bertz CT molecular complexity index is 1060. The van der Waals surface area contributed by atoms with Crippen LogP contribution in [0.3, 0.4) is 0 Å². The molecule has 1 aromatic carbocycles. The van der Waals surface area contributed by atoms with Crippen LogP contribution in [0.4, 0.5) is 19.1 Å². The molecule has 1 aromatic heterocycles. The van der Waals surface area contributed by atoms with E-state index in [-0.39, 0.29) is 26.0 Å². The Balaban J connectivity index is 1.45. The summed E-state index contributed by atoms with van der Waals surface area (Å²) in [7, 11) is 0. The number of ether oxygens (including phenoxy) is 2. The number of aromatic nitrogens is 2. The largest absolute Gasteiger partial charge is 0.493 e. The van der Waals surface area contributed by atoms with Crippen molar-refractivity contribution in [3.63, 3.8) is 0 Å². The molecule has 0 radical (unpaired) electrons. The number of imidazole rings is 1. The number of halogens is 3. The van der Waals surface area contributed by atoms with Crippen molar-refractivity contribution < 1.29 is 32.2 Å². The van der Waals surface area contributed by atoms with E-state index in [9.17, 15) is 22.8 Å². The molecule has 11 heteroatoms. The first kappa shape index (κ1) is 25.8. The number of amides is 1. The van der Waals surface area contributed by atoms with Crippen molar-refractivity contribution in [1.82, 2.24) is 14.5 Å². The van der Waals surface area contributed by atoms with Crippen LogP contribution in [0.25, 0.3) is 0 Å². The van der Waals surface area contributed by atoms with Crippen LogP contribution in [-0.2, 0) is 40.3 Å². The molecule has 2 aliphatic rings. The summed E-state index contributed by atoms with van der Waals surface area (Å²) < 4.78 is 52.8. The van der Waals surface area contributed by atoms with E-state index in [0.29, 0.717) is 30.8 Å². The number of nitrogens with one attached hydrogen (secondary N) is 1. The number of anilines is 1. The zero-order chi connectivity index (χ0) is 25.7. The number of hydrogen-bond donors (Lipinski definition) is 1. The van der Waals surface area contributed by atoms with E-state index >= 15 is 0 Å². The predicted octanol–water partition coefficient (Wildman–Crippen LogP) is 3.73. The van der Waals surface area contributed by atoms with Crippen LogP contribution in [0.15, 0.2) is 24.4 Å².